The first-order chi connectivity index (χ1) is 15.8. The average Bonchev–Trinajstić information content (AvgIpc) is 3.50. The molecule has 1 saturated heterocycles. The Bertz CT molecular complexity index is 1170. The number of nitrogens with one attached hydrogen (secondary N) is 2. The standard InChI is InChI=1S/C24H26N6O2/c1-2-31-19-12-10-17(11-13-19)27-22-21-16-26-30(18-7-4-3-5-8-18)23(21)29-24(28-22)25-15-20-9-6-14-32-20/h3-5,7-8,10-13,16,20H,2,6,9,14-15H2,1H3,(H2,25,27,28,29)/t20-/m0/s1. The van der Waals surface area contributed by atoms with Gasteiger partial charge in [-0.15, -0.1) is 0 Å². The summed E-state index contributed by atoms with van der Waals surface area (Å²) >= 11 is 0. The second-order valence-electron chi connectivity index (χ2n) is 7.62. The summed E-state index contributed by atoms with van der Waals surface area (Å²) in [4.78, 5) is 9.53. The fraction of sp³-hybridized carbons (Fsp3) is 0.292. The van der Waals surface area contributed by atoms with Crippen LogP contribution in [-0.4, -0.2) is 45.6 Å². The molecule has 2 aromatic carbocycles. The van der Waals surface area contributed by atoms with Crippen LogP contribution in [0.1, 0.15) is 19.8 Å². The number of benzene rings is 2. The van der Waals surface area contributed by atoms with Crippen LogP contribution in [0.5, 0.6) is 5.75 Å². The van der Waals surface area contributed by atoms with Gasteiger partial charge >= 0.3 is 0 Å². The Hall–Kier alpha value is -3.65. The summed E-state index contributed by atoms with van der Waals surface area (Å²) in [5.41, 5.74) is 2.58. The van der Waals surface area contributed by atoms with Gasteiger partial charge in [0, 0.05) is 18.8 Å². The van der Waals surface area contributed by atoms with E-state index in [1.54, 1.807) is 6.20 Å². The summed E-state index contributed by atoms with van der Waals surface area (Å²) in [6, 6.07) is 17.8. The molecule has 2 aromatic heterocycles. The maximum Gasteiger partial charge on any atom is 0.226 e. The molecule has 0 aliphatic carbocycles. The Labute approximate surface area is 186 Å². The van der Waals surface area contributed by atoms with Crippen molar-refractivity contribution in [1.82, 2.24) is 19.7 Å². The van der Waals surface area contributed by atoms with Crippen molar-refractivity contribution < 1.29 is 9.47 Å². The summed E-state index contributed by atoms with van der Waals surface area (Å²) in [7, 11) is 0. The third kappa shape index (κ3) is 4.36. The SMILES string of the molecule is CCOc1ccc(Nc2nc(NC[C@@H]3CCCO3)nc3c2cnn3-c2ccccc2)cc1. The third-order valence-electron chi connectivity index (χ3n) is 5.37. The van der Waals surface area contributed by atoms with Crippen molar-refractivity contribution in [2.45, 2.75) is 25.9 Å². The minimum absolute atomic E-state index is 0.191. The molecule has 1 aliphatic heterocycles. The van der Waals surface area contributed by atoms with Crippen molar-refractivity contribution in [3.8, 4) is 11.4 Å². The number of fused-ring (bicyclic) bond motifs is 1. The van der Waals surface area contributed by atoms with E-state index in [-0.39, 0.29) is 6.10 Å². The predicted octanol–water partition coefficient (Wildman–Crippen LogP) is 4.55. The molecule has 3 heterocycles. The van der Waals surface area contributed by atoms with Crippen LogP contribution in [0.25, 0.3) is 16.7 Å². The topological polar surface area (TPSA) is 86.1 Å². The highest BCUT2D eigenvalue weighted by Gasteiger charge is 2.18. The van der Waals surface area contributed by atoms with E-state index in [1.165, 1.54) is 0 Å². The molecule has 2 N–H and O–H groups in total. The molecule has 0 saturated carbocycles. The average molecular weight is 431 g/mol. The number of para-hydroxylation sites is 1. The van der Waals surface area contributed by atoms with Gasteiger partial charge in [-0.2, -0.15) is 15.1 Å². The largest absolute Gasteiger partial charge is 0.494 e. The zero-order valence-electron chi connectivity index (χ0n) is 18.0. The Morgan fingerprint density at radius 2 is 1.94 bits per heavy atom. The van der Waals surface area contributed by atoms with Gasteiger partial charge in [0.15, 0.2) is 5.65 Å². The number of hydrogen-bond acceptors (Lipinski definition) is 7. The van der Waals surface area contributed by atoms with Gasteiger partial charge in [0.2, 0.25) is 5.95 Å². The van der Waals surface area contributed by atoms with Crippen molar-refractivity contribution in [3.05, 3.63) is 60.8 Å². The molecule has 8 heteroatoms. The Balaban J connectivity index is 1.50. The van der Waals surface area contributed by atoms with Crippen molar-refractivity contribution in [1.29, 1.82) is 0 Å². The highest BCUT2D eigenvalue weighted by atomic mass is 16.5. The van der Waals surface area contributed by atoms with E-state index in [4.69, 9.17) is 19.4 Å². The van der Waals surface area contributed by atoms with Gasteiger partial charge in [-0.1, -0.05) is 18.2 Å². The van der Waals surface area contributed by atoms with Crippen LogP contribution in [0, 0.1) is 0 Å². The Morgan fingerprint density at radius 3 is 2.69 bits per heavy atom. The maximum atomic E-state index is 5.73. The lowest BCUT2D eigenvalue weighted by atomic mass is 10.2. The number of hydrogen-bond donors (Lipinski definition) is 2. The summed E-state index contributed by atoms with van der Waals surface area (Å²) < 4.78 is 13.1. The molecule has 0 unspecified atom stereocenters. The smallest absolute Gasteiger partial charge is 0.226 e. The summed E-state index contributed by atoms with van der Waals surface area (Å²) in [6.45, 7) is 4.10. The van der Waals surface area contributed by atoms with Gasteiger partial charge in [-0.25, -0.2) is 4.68 Å². The van der Waals surface area contributed by atoms with Crippen LogP contribution in [0.15, 0.2) is 60.8 Å². The molecule has 5 rings (SSSR count). The van der Waals surface area contributed by atoms with Crippen LogP contribution in [-0.2, 0) is 4.74 Å². The van der Waals surface area contributed by atoms with E-state index < -0.39 is 0 Å². The van der Waals surface area contributed by atoms with Crippen LogP contribution in [0.4, 0.5) is 17.5 Å². The van der Waals surface area contributed by atoms with Crippen LogP contribution in [0.2, 0.25) is 0 Å². The van der Waals surface area contributed by atoms with E-state index in [0.29, 0.717) is 24.9 Å². The first-order valence-corrected chi connectivity index (χ1v) is 11.0. The Kier molecular flexibility index (Phi) is 5.85. The van der Waals surface area contributed by atoms with Gasteiger partial charge in [-0.3, -0.25) is 0 Å². The zero-order valence-corrected chi connectivity index (χ0v) is 18.0. The van der Waals surface area contributed by atoms with Crippen LogP contribution < -0.4 is 15.4 Å². The summed E-state index contributed by atoms with van der Waals surface area (Å²) in [5, 5.41) is 12.2. The van der Waals surface area contributed by atoms with E-state index in [2.05, 4.69) is 15.7 Å². The number of anilines is 3. The number of ether oxygens (including phenoxy) is 2. The van der Waals surface area contributed by atoms with Crippen molar-refractivity contribution in [2.24, 2.45) is 0 Å². The minimum Gasteiger partial charge on any atom is -0.494 e. The molecular weight excluding hydrogens is 404 g/mol. The lowest BCUT2D eigenvalue weighted by molar-refractivity contribution is 0.120. The molecule has 0 radical (unpaired) electrons. The molecular formula is C24H26N6O2. The number of nitrogens with zero attached hydrogens (tertiary/aromatic N) is 4. The summed E-state index contributed by atoms with van der Waals surface area (Å²) in [5.74, 6) is 2.07. The molecule has 0 amide bonds. The second kappa shape index (κ2) is 9.23. The molecule has 1 aliphatic rings. The molecule has 1 atom stereocenters. The van der Waals surface area contributed by atoms with Crippen molar-refractivity contribution >= 4 is 28.5 Å². The molecule has 32 heavy (non-hydrogen) atoms. The number of rotatable bonds is 8. The predicted molar refractivity (Wildman–Crippen MR) is 125 cm³/mol. The second-order valence-corrected chi connectivity index (χ2v) is 7.62. The minimum atomic E-state index is 0.191. The zero-order chi connectivity index (χ0) is 21.8. The van der Waals surface area contributed by atoms with Gasteiger partial charge in [0.05, 0.1) is 30.0 Å². The van der Waals surface area contributed by atoms with Crippen LogP contribution in [0.3, 0.4) is 0 Å². The third-order valence-corrected chi connectivity index (χ3v) is 5.37. The van der Waals surface area contributed by atoms with Crippen molar-refractivity contribution in [2.75, 3.05) is 30.4 Å². The lowest BCUT2D eigenvalue weighted by Crippen LogP contribution is -2.20. The normalized spacial score (nSPS) is 15.7. The summed E-state index contributed by atoms with van der Waals surface area (Å²) in [6.07, 6.45) is 4.13. The molecule has 0 bridgehead atoms. The van der Waals surface area contributed by atoms with E-state index >= 15 is 0 Å². The van der Waals surface area contributed by atoms with Crippen molar-refractivity contribution in [3.63, 3.8) is 0 Å². The first-order valence-electron chi connectivity index (χ1n) is 11.0. The molecule has 0 spiro atoms. The molecule has 4 aromatic rings. The molecule has 164 valence electrons. The van der Waals surface area contributed by atoms with Gasteiger partial charge in [-0.05, 0) is 56.2 Å². The quantitative estimate of drug-likeness (QED) is 0.424. The highest BCUT2D eigenvalue weighted by molar-refractivity contribution is 5.90. The fourth-order valence-electron chi connectivity index (χ4n) is 3.79. The van der Waals surface area contributed by atoms with Gasteiger partial charge in [0.1, 0.15) is 11.6 Å². The van der Waals surface area contributed by atoms with Gasteiger partial charge < -0.3 is 20.1 Å². The molecule has 1 fully saturated rings. The van der Waals surface area contributed by atoms with Crippen LogP contribution >= 0.6 is 0 Å². The Morgan fingerprint density at radius 1 is 1.09 bits per heavy atom. The van der Waals surface area contributed by atoms with E-state index in [0.717, 1.165) is 47.6 Å². The lowest BCUT2D eigenvalue weighted by Gasteiger charge is -2.13. The maximum absolute atomic E-state index is 5.73. The van der Waals surface area contributed by atoms with Gasteiger partial charge in [0.25, 0.3) is 0 Å². The molecule has 8 nitrogen and oxygen atoms in total. The van der Waals surface area contributed by atoms with E-state index in [9.17, 15) is 0 Å². The monoisotopic (exact) mass is 430 g/mol. The van der Waals surface area contributed by atoms with E-state index in [1.807, 2.05) is 66.2 Å². The number of aromatic nitrogens is 4. The first kappa shape index (κ1) is 20.3. The fourth-order valence-corrected chi connectivity index (χ4v) is 3.79. The highest BCUT2D eigenvalue weighted by Crippen LogP contribution is 2.28.